The van der Waals surface area contributed by atoms with Gasteiger partial charge in [0.2, 0.25) is 11.3 Å². The van der Waals surface area contributed by atoms with Crippen molar-refractivity contribution < 1.29 is 57.5 Å². The van der Waals surface area contributed by atoms with E-state index in [4.69, 9.17) is 13.9 Å². The lowest BCUT2D eigenvalue weighted by Gasteiger charge is -2.25. The molecule has 4 amide bonds. The summed E-state index contributed by atoms with van der Waals surface area (Å²) in [6.07, 6.45) is 4.60. The highest BCUT2D eigenvalue weighted by Crippen LogP contribution is 2.42. The van der Waals surface area contributed by atoms with E-state index in [-0.39, 0.29) is 93.2 Å². The second-order valence-corrected chi connectivity index (χ2v) is 24.2. The molecule has 1 aliphatic carbocycles. The van der Waals surface area contributed by atoms with Crippen LogP contribution in [-0.2, 0) is 47.0 Å². The van der Waals surface area contributed by atoms with Crippen molar-refractivity contribution in [3.8, 4) is 22.5 Å². The number of rotatable bonds is 30. The van der Waals surface area contributed by atoms with Crippen LogP contribution < -0.4 is 43.2 Å². The average molecular weight is 1130 g/mol. The van der Waals surface area contributed by atoms with Crippen molar-refractivity contribution in [2.24, 2.45) is 0 Å². The Balaban J connectivity index is 0.00000937. The third-order valence-corrected chi connectivity index (χ3v) is 18.0. The molecule has 2 fully saturated rings. The van der Waals surface area contributed by atoms with Crippen LogP contribution in [0.4, 0.5) is 10.5 Å². The van der Waals surface area contributed by atoms with E-state index < -0.39 is 25.6 Å². The van der Waals surface area contributed by atoms with Crippen LogP contribution in [0.15, 0.2) is 83.3 Å². The number of amides is 4. The van der Waals surface area contributed by atoms with E-state index in [9.17, 15) is 26.4 Å². The van der Waals surface area contributed by atoms with Crippen LogP contribution >= 0.6 is 11.8 Å². The van der Waals surface area contributed by atoms with E-state index >= 15 is 4.79 Å². The fourth-order valence-corrected chi connectivity index (χ4v) is 12.7. The number of hydrogen-bond donors (Lipinski definition) is 3. The number of nitrogens with zero attached hydrogens (tertiary/aromatic N) is 6. The minimum absolute atomic E-state index is 0. The van der Waals surface area contributed by atoms with E-state index in [1.807, 2.05) is 48.2 Å². The summed E-state index contributed by atoms with van der Waals surface area (Å²) in [6, 6.07) is 19.8. The number of carbonyl (C=O) groups is 3. The normalized spacial score (nSPS) is 16.2. The summed E-state index contributed by atoms with van der Waals surface area (Å²) in [6.45, 7) is 15.3. The molecule has 3 aromatic rings. The van der Waals surface area contributed by atoms with Crippen LogP contribution in [0.25, 0.3) is 33.4 Å². The van der Waals surface area contributed by atoms with Gasteiger partial charge in [-0.05, 0) is 70.4 Å². The molecule has 4 aliphatic rings. The summed E-state index contributed by atoms with van der Waals surface area (Å²) >= 11 is 1.86. The Morgan fingerprint density at radius 1 is 0.934 bits per heavy atom. The van der Waals surface area contributed by atoms with Gasteiger partial charge in [-0.1, -0.05) is 36.4 Å². The Morgan fingerprint density at radius 2 is 1.68 bits per heavy atom. The van der Waals surface area contributed by atoms with Crippen LogP contribution in [0.5, 0.6) is 0 Å². The molecule has 0 saturated carbocycles. The Bertz CT molecular complexity index is 3050. The van der Waals surface area contributed by atoms with Gasteiger partial charge in [0.05, 0.1) is 81.1 Å². The van der Waals surface area contributed by atoms with Gasteiger partial charge < -0.3 is 52.0 Å². The van der Waals surface area contributed by atoms with Gasteiger partial charge in [0.25, 0.3) is 5.91 Å². The second-order valence-electron chi connectivity index (χ2n) is 18.6. The van der Waals surface area contributed by atoms with E-state index in [1.54, 1.807) is 23.0 Å². The smallest absolute Gasteiger partial charge is 0.315 e. The molecule has 3 N–H and O–H groups in total. The molecule has 0 spiro atoms. The molecule has 76 heavy (non-hydrogen) atoms. The lowest BCUT2D eigenvalue weighted by atomic mass is 9.90. The van der Waals surface area contributed by atoms with Gasteiger partial charge in [-0.3, -0.25) is 14.3 Å². The van der Waals surface area contributed by atoms with Gasteiger partial charge >= 0.3 is 6.03 Å². The highest BCUT2D eigenvalue weighted by molar-refractivity contribution is 8.00. The zero-order valence-corrected chi connectivity index (χ0v) is 47.1. The lowest BCUT2D eigenvalue weighted by molar-refractivity contribution is -0.121. The van der Waals surface area contributed by atoms with E-state index in [0.717, 1.165) is 84.2 Å². The highest BCUT2D eigenvalue weighted by Gasteiger charge is 2.42. The first kappa shape index (κ1) is 59.7. The summed E-state index contributed by atoms with van der Waals surface area (Å²) in [4.78, 5) is 43.5. The number of anilines is 1. The van der Waals surface area contributed by atoms with Gasteiger partial charge in [-0.25, -0.2) is 26.2 Å². The number of aromatic nitrogens is 3. The van der Waals surface area contributed by atoms with Gasteiger partial charge in [-0.2, -0.15) is 11.8 Å². The summed E-state index contributed by atoms with van der Waals surface area (Å²) in [5, 5.41) is 20.6. The summed E-state index contributed by atoms with van der Waals surface area (Å²) in [5.74, 6) is 0.171. The maximum Gasteiger partial charge on any atom is 0.315 e. The molecule has 1 aromatic heterocycles. The molecule has 7 rings (SSSR count). The minimum atomic E-state index is -3.76. The number of fused-ring (bicyclic) bond motifs is 3. The number of unbranched alkanes of at least 4 members (excludes halogenated alkanes) is 1. The lowest BCUT2D eigenvalue weighted by Crippen LogP contribution is -3.00. The molecule has 0 radical (unpaired) electrons. The molecule has 0 unspecified atom stereocenters. The Hall–Kier alpha value is -5.52. The molecule has 0 bridgehead atoms. The summed E-state index contributed by atoms with van der Waals surface area (Å²) in [7, 11) is -7.16. The molecule has 23 heteroatoms. The summed E-state index contributed by atoms with van der Waals surface area (Å²) < 4.78 is 71.9. The SMILES string of the molecule is C=CS(=O)(=O)CCOCCOCCS(=O)(=O)CCN(Cc1cn(CCNC(=O)CCCC[C@@H]2SC[C@@H]3NC(=O)N[C@@H]32)nn1)C(=O)c1ccccc1-c1c2ccc(=[N+](CC)CC)cc-2oc2cc(N(CC)CC)ccc12.[Cl-]. The van der Waals surface area contributed by atoms with Crippen molar-refractivity contribution in [1.82, 2.24) is 40.4 Å². The average Bonchev–Trinajstić information content (AvgIpc) is 4.15. The van der Waals surface area contributed by atoms with E-state index in [0.29, 0.717) is 52.9 Å². The number of sulfone groups is 2. The van der Waals surface area contributed by atoms with Crippen LogP contribution in [0.3, 0.4) is 0 Å². The fraction of sp³-hybridized carbons (Fsp3) is 0.509. The second kappa shape index (κ2) is 28.2. The molecule has 3 aliphatic heterocycles. The van der Waals surface area contributed by atoms with E-state index in [2.05, 4.69) is 82.1 Å². The van der Waals surface area contributed by atoms with Gasteiger partial charge in [0.15, 0.2) is 19.7 Å². The Labute approximate surface area is 456 Å². The zero-order valence-electron chi connectivity index (χ0n) is 43.9. The van der Waals surface area contributed by atoms with Crippen molar-refractivity contribution in [3.63, 3.8) is 0 Å². The number of urea groups is 1. The first-order chi connectivity index (χ1) is 36.2. The number of nitrogens with one attached hydrogen (secondary N) is 3. The number of carbonyl (C=O) groups excluding carboxylic acids is 3. The zero-order chi connectivity index (χ0) is 53.5. The monoisotopic (exact) mass is 1130 g/mol. The van der Waals surface area contributed by atoms with Crippen molar-refractivity contribution in [3.05, 3.63) is 95.5 Å². The van der Waals surface area contributed by atoms with Crippen molar-refractivity contribution >= 4 is 65.9 Å². The van der Waals surface area contributed by atoms with Gasteiger partial charge in [-0.15, -0.1) is 5.10 Å². The predicted octanol–water partition coefficient (Wildman–Crippen LogP) is 1.95. The third-order valence-electron chi connectivity index (χ3n) is 13.7. The van der Waals surface area contributed by atoms with Crippen molar-refractivity contribution in [2.75, 3.05) is 93.6 Å². The number of thioether (sulfide) groups is 1. The van der Waals surface area contributed by atoms with Crippen LogP contribution in [0, 0.1) is 0 Å². The van der Waals surface area contributed by atoms with Crippen LogP contribution in [0.2, 0.25) is 0 Å². The van der Waals surface area contributed by atoms with E-state index in [1.165, 1.54) is 4.90 Å². The molecular weight excluding hydrogens is 1050 g/mol. The quantitative estimate of drug-likeness (QED) is 0.0259. The minimum Gasteiger partial charge on any atom is -1.00 e. The Morgan fingerprint density at radius 3 is 2.42 bits per heavy atom. The van der Waals surface area contributed by atoms with Crippen molar-refractivity contribution in [1.29, 1.82) is 0 Å². The predicted molar refractivity (Wildman–Crippen MR) is 294 cm³/mol. The first-order valence-electron chi connectivity index (χ1n) is 25.9. The molecular formula is C53H72ClN9O10S3. The number of hydrogen-bond acceptors (Lipinski definition) is 14. The highest BCUT2D eigenvalue weighted by atomic mass is 35.5. The Kier molecular flexibility index (Phi) is 22.2. The number of ether oxygens (including phenoxy) is 2. The summed E-state index contributed by atoms with van der Waals surface area (Å²) in [5.41, 5.74) is 4.71. The molecule has 414 valence electrons. The number of benzene rings is 3. The van der Waals surface area contributed by atoms with Gasteiger partial charge in [0.1, 0.15) is 30.1 Å². The maximum absolute atomic E-state index is 15.2. The fourth-order valence-electron chi connectivity index (χ4n) is 9.54. The topological polar surface area (TPSA) is 227 Å². The molecule has 4 heterocycles. The standard InChI is InChI=1S/C53H71N9O10S3.ClH/c1-6-59(7-2)39-19-21-43-46(33-39)72-47-34-40(60(8-3)9-4)20-22-44(47)50(43)41-15-11-12-16-42(41)52(64)61(25-30-75(68,69)32-29-71-27-26-70-28-31-74(66,67)10-5)35-38-36-62(58-57-38)24-23-54-49(63)18-14-13-17-48-51-45(37-73-48)55-53(65)56-51;/h10-12,15-16,19-22,33-34,36,45,48,51H,5-9,13-14,17-18,23-32,35,37H2,1-4H3,(H2-,54,55,56,63,65);1H/t45-,48-,51-;/m0./s1. The van der Waals surface area contributed by atoms with Gasteiger partial charge in [0, 0.05) is 88.9 Å². The van der Waals surface area contributed by atoms with Crippen LogP contribution in [-0.4, -0.2) is 161 Å². The maximum atomic E-state index is 15.2. The third kappa shape index (κ3) is 15.8. The molecule has 19 nitrogen and oxygen atoms in total. The number of halogens is 1. The molecule has 3 atom stereocenters. The van der Waals surface area contributed by atoms with Crippen LogP contribution in [0.1, 0.15) is 69.4 Å². The van der Waals surface area contributed by atoms with Crippen molar-refractivity contribution in [2.45, 2.75) is 83.8 Å². The largest absolute Gasteiger partial charge is 1.00 e. The molecule has 2 aromatic carbocycles. The first-order valence-corrected chi connectivity index (χ1v) is 30.5. The molecule has 2 saturated heterocycles.